The quantitative estimate of drug-likeness (QED) is 0.815. The zero-order chi connectivity index (χ0) is 20.8. The molecule has 0 radical (unpaired) electrons. The number of nitrogens with zero attached hydrogens (tertiary/aromatic N) is 4. The third-order valence-electron chi connectivity index (χ3n) is 5.20. The normalized spacial score (nSPS) is 22.2. The maximum Gasteiger partial charge on any atom is 0.252 e. The molecule has 1 amide bonds. The first-order valence-corrected chi connectivity index (χ1v) is 9.41. The van der Waals surface area contributed by atoms with Crippen LogP contribution in [0.15, 0.2) is 18.5 Å². The second-order valence-electron chi connectivity index (χ2n) is 7.58. The summed E-state index contributed by atoms with van der Waals surface area (Å²) in [5, 5.41) is 5.81. The number of amides is 1. The third-order valence-corrected chi connectivity index (χ3v) is 5.20. The highest BCUT2D eigenvalue weighted by Crippen LogP contribution is 2.45. The lowest BCUT2D eigenvalue weighted by molar-refractivity contribution is -0.119. The number of alkyl halides is 2. The summed E-state index contributed by atoms with van der Waals surface area (Å²) < 4.78 is 43.1. The van der Waals surface area contributed by atoms with E-state index in [4.69, 9.17) is 0 Å². The average Bonchev–Trinajstić information content (AvgIpc) is 2.65. The number of nitrogens with one attached hydrogen (secondary N) is 2. The van der Waals surface area contributed by atoms with Crippen LogP contribution in [0.1, 0.15) is 31.7 Å². The van der Waals surface area contributed by atoms with Crippen LogP contribution in [0, 0.1) is 5.82 Å². The molecule has 0 aromatic carbocycles. The number of halogens is 3. The monoisotopic (exact) mass is 406 g/mol. The summed E-state index contributed by atoms with van der Waals surface area (Å²) >= 11 is 0. The van der Waals surface area contributed by atoms with Gasteiger partial charge in [0.05, 0.1) is 17.3 Å². The second kappa shape index (κ2) is 7.25. The Hall–Kier alpha value is -2.75. The predicted molar refractivity (Wildman–Crippen MR) is 102 cm³/mol. The van der Waals surface area contributed by atoms with Crippen LogP contribution < -0.4 is 15.5 Å². The van der Waals surface area contributed by atoms with Gasteiger partial charge in [-0.25, -0.2) is 28.1 Å². The molecule has 154 valence electrons. The number of pyridine rings is 1. The Morgan fingerprint density at radius 2 is 2.07 bits per heavy atom. The van der Waals surface area contributed by atoms with Crippen molar-refractivity contribution in [1.29, 1.82) is 0 Å². The second-order valence-corrected chi connectivity index (χ2v) is 7.58. The van der Waals surface area contributed by atoms with Crippen LogP contribution >= 0.6 is 0 Å². The number of anilines is 2. The molecule has 7 nitrogen and oxygen atoms in total. The predicted octanol–water partition coefficient (Wildman–Crippen LogP) is 2.56. The molecule has 0 saturated carbocycles. The molecule has 2 aromatic rings. The number of fused-ring (bicyclic) bond motifs is 1. The van der Waals surface area contributed by atoms with Crippen molar-refractivity contribution in [3.05, 3.63) is 29.8 Å². The van der Waals surface area contributed by atoms with E-state index in [0.717, 1.165) is 19.8 Å². The van der Waals surface area contributed by atoms with E-state index in [1.807, 2.05) is 11.8 Å². The van der Waals surface area contributed by atoms with Crippen molar-refractivity contribution < 1.29 is 18.0 Å². The molecule has 2 N–H and O–H groups in total. The van der Waals surface area contributed by atoms with Crippen LogP contribution in [0.25, 0.3) is 11.4 Å². The molecule has 2 aliphatic rings. The van der Waals surface area contributed by atoms with Crippen LogP contribution in [-0.2, 0) is 4.79 Å². The molecule has 0 unspecified atom stereocenters. The van der Waals surface area contributed by atoms with Crippen LogP contribution in [0.3, 0.4) is 0 Å². The fourth-order valence-corrected chi connectivity index (χ4v) is 3.84. The lowest BCUT2D eigenvalue weighted by Crippen LogP contribution is -2.49. The van der Waals surface area contributed by atoms with Gasteiger partial charge in [0.25, 0.3) is 5.92 Å². The number of carbonyl (C=O) groups excluding carboxylic acids is 1. The van der Waals surface area contributed by atoms with Gasteiger partial charge in [0, 0.05) is 49.8 Å². The Morgan fingerprint density at radius 1 is 1.28 bits per heavy atom. The molecule has 0 bridgehead atoms. The van der Waals surface area contributed by atoms with E-state index in [-0.39, 0.29) is 28.8 Å². The highest BCUT2D eigenvalue weighted by Gasteiger charge is 2.43. The van der Waals surface area contributed by atoms with Crippen molar-refractivity contribution in [2.24, 2.45) is 0 Å². The lowest BCUT2D eigenvalue weighted by atomic mass is 9.85. The minimum atomic E-state index is -3.18. The summed E-state index contributed by atoms with van der Waals surface area (Å²) in [6.07, 6.45) is 0.748. The SMILES string of the molecule is C[C@H]1CN(c2cc(F)cc(-c3ncnc4c3[C@H](C(C)(F)F)CC(=O)N4)n2)CCN1. The first-order valence-electron chi connectivity index (χ1n) is 9.41. The minimum absolute atomic E-state index is 0.0150. The van der Waals surface area contributed by atoms with Crippen molar-refractivity contribution in [2.45, 2.75) is 38.2 Å². The number of piperazine rings is 1. The molecule has 4 heterocycles. The highest BCUT2D eigenvalue weighted by molar-refractivity contribution is 5.95. The molecule has 10 heteroatoms. The van der Waals surface area contributed by atoms with E-state index in [2.05, 4.69) is 25.6 Å². The van der Waals surface area contributed by atoms with Gasteiger partial charge in [-0.1, -0.05) is 0 Å². The van der Waals surface area contributed by atoms with E-state index in [0.29, 0.717) is 18.9 Å². The van der Waals surface area contributed by atoms with Crippen molar-refractivity contribution >= 4 is 17.5 Å². The van der Waals surface area contributed by atoms with Gasteiger partial charge in [0.2, 0.25) is 5.91 Å². The Bertz CT molecular complexity index is 948. The molecular weight excluding hydrogens is 385 g/mol. The summed E-state index contributed by atoms with van der Waals surface area (Å²) in [6, 6.07) is 2.70. The molecule has 29 heavy (non-hydrogen) atoms. The first kappa shape index (κ1) is 19.6. The zero-order valence-corrected chi connectivity index (χ0v) is 16.0. The summed E-state index contributed by atoms with van der Waals surface area (Å²) in [4.78, 5) is 26.4. The maximum atomic E-state index is 14.4. The summed E-state index contributed by atoms with van der Waals surface area (Å²) in [7, 11) is 0. The van der Waals surface area contributed by atoms with Gasteiger partial charge < -0.3 is 15.5 Å². The molecule has 0 spiro atoms. The van der Waals surface area contributed by atoms with Crippen molar-refractivity contribution in [1.82, 2.24) is 20.3 Å². The molecule has 0 aliphatic carbocycles. The van der Waals surface area contributed by atoms with Crippen molar-refractivity contribution in [3.8, 4) is 11.4 Å². The molecule has 2 aliphatic heterocycles. The van der Waals surface area contributed by atoms with Gasteiger partial charge >= 0.3 is 0 Å². The Morgan fingerprint density at radius 3 is 2.79 bits per heavy atom. The summed E-state index contributed by atoms with van der Waals surface area (Å²) in [5.41, 5.74) is 0.318. The average molecular weight is 406 g/mol. The number of hydrogen-bond acceptors (Lipinski definition) is 6. The first-order chi connectivity index (χ1) is 13.7. The zero-order valence-electron chi connectivity index (χ0n) is 16.0. The largest absolute Gasteiger partial charge is 0.354 e. The Labute approximate surface area is 165 Å². The van der Waals surface area contributed by atoms with E-state index in [1.165, 1.54) is 12.1 Å². The third kappa shape index (κ3) is 3.89. The molecule has 4 rings (SSSR count). The number of carbonyl (C=O) groups is 1. The van der Waals surface area contributed by atoms with Gasteiger partial charge in [0.15, 0.2) is 0 Å². The van der Waals surface area contributed by atoms with Crippen LogP contribution in [0.5, 0.6) is 0 Å². The van der Waals surface area contributed by atoms with Crippen LogP contribution in [0.2, 0.25) is 0 Å². The topological polar surface area (TPSA) is 83.0 Å². The maximum absolute atomic E-state index is 14.4. The van der Waals surface area contributed by atoms with E-state index in [1.54, 1.807) is 0 Å². The number of hydrogen-bond donors (Lipinski definition) is 2. The van der Waals surface area contributed by atoms with E-state index in [9.17, 15) is 18.0 Å². The summed E-state index contributed by atoms with van der Waals surface area (Å²) in [5.74, 6) is -5.26. The molecule has 2 atom stereocenters. The van der Waals surface area contributed by atoms with Crippen LogP contribution in [0.4, 0.5) is 24.8 Å². The van der Waals surface area contributed by atoms with Gasteiger partial charge in [0.1, 0.15) is 23.8 Å². The fourth-order valence-electron chi connectivity index (χ4n) is 3.84. The fraction of sp³-hybridized carbons (Fsp3) is 0.474. The lowest BCUT2D eigenvalue weighted by Gasteiger charge is -2.33. The van der Waals surface area contributed by atoms with E-state index >= 15 is 0 Å². The molecule has 1 fully saturated rings. The Kier molecular flexibility index (Phi) is 4.89. The number of rotatable bonds is 3. The van der Waals surface area contributed by atoms with Crippen molar-refractivity contribution in [2.75, 3.05) is 29.9 Å². The van der Waals surface area contributed by atoms with Crippen LogP contribution in [-0.4, -0.2) is 52.5 Å². The van der Waals surface area contributed by atoms with Gasteiger partial charge in [-0.15, -0.1) is 0 Å². The smallest absolute Gasteiger partial charge is 0.252 e. The van der Waals surface area contributed by atoms with Crippen molar-refractivity contribution in [3.63, 3.8) is 0 Å². The molecule has 2 aromatic heterocycles. The van der Waals surface area contributed by atoms with E-state index < -0.39 is 30.0 Å². The van der Waals surface area contributed by atoms with Gasteiger partial charge in [-0.2, -0.15) is 0 Å². The summed E-state index contributed by atoms with van der Waals surface area (Å²) in [6.45, 7) is 4.79. The Balaban J connectivity index is 1.82. The standard InChI is InChI=1S/C19H21F3N6O/c1-10-8-28(4-3-23-10)14-6-11(20)5-13(26-14)17-16-12(19(2,21)22)7-15(29)27-18(16)25-9-24-17/h5-6,9-10,12,23H,3-4,7-8H2,1-2H3,(H,24,25,27,29)/t10-,12+/m0/s1. The minimum Gasteiger partial charge on any atom is -0.354 e. The molecular formula is C19H21F3N6O. The van der Waals surface area contributed by atoms with Gasteiger partial charge in [-0.05, 0) is 13.8 Å². The number of aromatic nitrogens is 3. The molecule has 1 saturated heterocycles. The van der Waals surface area contributed by atoms with Gasteiger partial charge in [-0.3, -0.25) is 4.79 Å². The highest BCUT2D eigenvalue weighted by atomic mass is 19.3.